The monoisotopic (exact) mass is 343 g/mol. The number of amides is 3. The van der Waals surface area contributed by atoms with E-state index >= 15 is 0 Å². The number of hydrogen-bond donors (Lipinski definition) is 2. The molecule has 1 atom stereocenters. The van der Waals surface area contributed by atoms with Gasteiger partial charge in [0.2, 0.25) is 11.8 Å². The summed E-state index contributed by atoms with van der Waals surface area (Å²) in [5, 5.41) is 5.57. The van der Waals surface area contributed by atoms with E-state index in [-0.39, 0.29) is 30.1 Å². The van der Waals surface area contributed by atoms with Crippen molar-refractivity contribution in [3.63, 3.8) is 0 Å². The van der Waals surface area contributed by atoms with Gasteiger partial charge in [-0.2, -0.15) is 0 Å². The molecule has 1 aromatic rings. The van der Waals surface area contributed by atoms with Gasteiger partial charge in [-0.25, -0.2) is 0 Å². The molecule has 25 heavy (non-hydrogen) atoms. The van der Waals surface area contributed by atoms with E-state index in [1.54, 1.807) is 24.3 Å². The molecule has 6 heteroatoms. The molecular weight excluding hydrogens is 318 g/mol. The van der Waals surface area contributed by atoms with E-state index in [0.29, 0.717) is 24.2 Å². The van der Waals surface area contributed by atoms with E-state index in [9.17, 15) is 14.4 Å². The van der Waals surface area contributed by atoms with Crippen molar-refractivity contribution >= 4 is 23.4 Å². The molecule has 0 saturated carbocycles. The van der Waals surface area contributed by atoms with Crippen molar-refractivity contribution in [2.24, 2.45) is 5.92 Å². The fraction of sp³-hybridized carbons (Fsp3) is 0.526. The Morgan fingerprint density at radius 2 is 1.72 bits per heavy atom. The van der Waals surface area contributed by atoms with Crippen molar-refractivity contribution in [3.05, 3.63) is 29.8 Å². The Balaban J connectivity index is 1.58. The number of nitrogens with one attached hydrogen (secondary N) is 2. The van der Waals surface area contributed by atoms with Crippen LogP contribution in [0.15, 0.2) is 24.3 Å². The number of anilines is 1. The maximum absolute atomic E-state index is 12.6. The van der Waals surface area contributed by atoms with Gasteiger partial charge in [0.25, 0.3) is 5.91 Å². The van der Waals surface area contributed by atoms with Gasteiger partial charge in [0.05, 0.1) is 0 Å². The minimum absolute atomic E-state index is 0.0590. The molecule has 3 rings (SSSR count). The maximum Gasteiger partial charge on any atom is 0.253 e. The van der Waals surface area contributed by atoms with Gasteiger partial charge < -0.3 is 15.5 Å². The van der Waals surface area contributed by atoms with E-state index in [1.807, 2.05) is 4.90 Å². The summed E-state index contributed by atoms with van der Waals surface area (Å²) >= 11 is 0. The summed E-state index contributed by atoms with van der Waals surface area (Å²) in [5.74, 6) is -0.442. The lowest BCUT2D eigenvalue weighted by atomic mass is 9.96. The summed E-state index contributed by atoms with van der Waals surface area (Å²) in [7, 11) is 0. The van der Waals surface area contributed by atoms with Crippen LogP contribution in [-0.4, -0.2) is 42.3 Å². The van der Waals surface area contributed by atoms with Crippen LogP contribution < -0.4 is 10.6 Å². The second-order valence-corrected chi connectivity index (χ2v) is 6.81. The summed E-state index contributed by atoms with van der Waals surface area (Å²) in [6.45, 7) is 2.18. The molecule has 2 saturated heterocycles. The molecule has 0 unspecified atom stereocenters. The van der Waals surface area contributed by atoms with Crippen LogP contribution in [0.1, 0.15) is 48.9 Å². The summed E-state index contributed by atoms with van der Waals surface area (Å²) in [6, 6.07) is 7.03. The third kappa shape index (κ3) is 4.59. The molecule has 0 radical (unpaired) electrons. The van der Waals surface area contributed by atoms with Gasteiger partial charge in [-0.1, -0.05) is 12.8 Å². The van der Waals surface area contributed by atoms with Crippen LogP contribution in [0.3, 0.4) is 0 Å². The molecule has 2 heterocycles. The molecule has 2 fully saturated rings. The molecule has 1 aromatic carbocycles. The largest absolute Gasteiger partial charge is 0.356 e. The lowest BCUT2D eigenvalue weighted by Gasteiger charge is -2.22. The van der Waals surface area contributed by atoms with E-state index in [2.05, 4.69) is 10.6 Å². The van der Waals surface area contributed by atoms with Crippen LogP contribution in [0.5, 0.6) is 0 Å². The van der Waals surface area contributed by atoms with E-state index in [0.717, 1.165) is 25.9 Å². The summed E-state index contributed by atoms with van der Waals surface area (Å²) in [6.07, 6.45) is 5.39. The van der Waals surface area contributed by atoms with Crippen LogP contribution >= 0.6 is 0 Å². The van der Waals surface area contributed by atoms with Crippen molar-refractivity contribution in [3.8, 4) is 0 Å². The van der Waals surface area contributed by atoms with Crippen molar-refractivity contribution in [2.45, 2.75) is 38.5 Å². The lowest BCUT2D eigenvalue weighted by Crippen LogP contribution is -2.38. The predicted octanol–water partition coefficient (Wildman–Crippen LogP) is 2.17. The third-order valence-corrected chi connectivity index (χ3v) is 4.91. The second kappa shape index (κ2) is 8.14. The van der Waals surface area contributed by atoms with E-state index in [4.69, 9.17) is 0 Å². The highest BCUT2D eigenvalue weighted by molar-refractivity contribution is 5.97. The lowest BCUT2D eigenvalue weighted by molar-refractivity contribution is -0.129. The van der Waals surface area contributed by atoms with Crippen molar-refractivity contribution in [2.75, 3.05) is 25.0 Å². The summed E-state index contributed by atoms with van der Waals surface area (Å²) < 4.78 is 0. The van der Waals surface area contributed by atoms with Crippen molar-refractivity contribution in [1.82, 2.24) is 10.2 Å². The third-order valence-electron chi connectivity index (χ3n) is 4.91. The van der Waals surface area contributed by atoms with E-state index in [1.165, 1.54) is 12.8 Å². The summed E-state index contributed by atoms with van der Waals surface area (Å²) in [4.78, 5) is 38.1. The van der Waals surface area contributed by atoms with Crippen molar-refractivity contribution in [1.29, 1.82) is 0 Å². The van der Waals surface area contributed by atoms with Crippen LogP contribution in [0.25, 0.3) is 0 Å². The minimum atomic E-state index is -0.285. The Morgan fingerprint density at radius 1 is 1.04 bits per heavy atom. The van der Waals surface area contributed by atoms with Gasteiger partial charge in [0, 0.05) is 43.2 Å². The Labute approximate surface area is 148 Å². The standard InChI is InChI=1S/C19H25N3O3/c23-17-13-15(9-10-20-17)18(24)21-16-7-5-14(6-8-16)19(25)22-11-3-1-2-4-12-22/h5-8,15H,1-4,9-13H2,(H,20,23)(H,21,24)/t15-/m0/s1. The van der Waals surface area contributed by atoms with Crippen LogP contribution in [-0.2, 0) is 9.59 Å². The number of carbonyl (C=O) groups excluding carboxylic acids is 3. The number of likely N-dealkylation sites (tertiary alicyclic amines) is 1. The van der Waals surface area contributed by atoms with Gasteiger partial charge in [-0.05, 0) is 43.5 Å². The molecule has 2 N–H and O–H groups in total. The highest BCUT2D eigenvalue weighted by Gasteiger charge is 2.25. The number of hydrogen-bond acceptors (Lipinski definition) is 3. The Hall–Kier alpha value is -2.37. The van der Waals surface area contributed by atoms with Gasteiger partial charge in [0.15, 0.2) is 0 Å². The average Bonchev–Trinajstić information content (AvgIpc) is 2.91. The van der Waals surface area contributed by atoms with Crippen molar-refractivity contribution < 1.29 is 14.4 Å². The Bertz CT molecular complexity index is 634. The molecule has 0 spiro atoms. The summed E-state index contributed by atoms with van der Waals surface area (Å²) in [5.41, 5.74) is 1.31. The molecule has 3 amide bonds. The Kier molecular flexibility index (Phi) is 5.68. The van der Waals surface area contributed by atoms with Crippen LogP contribution in [0.2, 0.25) is 0 Å². The normalized spacial score (nSPS) is 21.2. The predicted molar refractivity (Wildman–Crippen MR) is 95.2 cm³/mol. The maximum atomic E-state index is 12.6. The van der Waals surface area contributed by atoms with Gasteiger partial charge >= 0.3 is 0 Å². The quantitative estimate of drug-likeness (QED) is 0.883. The second-order valence-electron chi connectivity index (χ2n) is 6.81. The first kappa shape index (κ1) is 17.5. The first-order chi connectivity index (χ1) is 12.1. The molecule has 6 nitrogen and oxygen atoms in total. The van der Waals surface area contributed by atoms with Crippen LogP contribution in [0, 0.1) is 5.92 Å². The zero-order valence-corrected chi connectivity index (χ0v) is 14.4. The highest BCUT2D eigenvalue weighted by Crippen LogP contribution is 2.18. The van der Waals surface area contributed by atoms with Gasteiger partial charge in [-0.15, -0.1) is 0 Å². The first-order valence-electron chi connectivity index (χ1n) is 9.10. The molecular formula is C19H25N3O3. The SMILES string of the molecule is O=C1C[C@@H](C(=O)Nc2ccc(C(=O)N3CCCCCC3)cc2)CCN1. The molecule has 2 aliphatic rings. The highest BCUT2D eigenvalue weighted by atomic mass is 16.2. The topological polar surface area (TPSA) is 78.5 Å². The minimum Gasteiger partial charge on any atom is -0.356 e. The fourth-order valence-corrected chi connectivity index (χ4v) is 3.40. The van der Waals surface area contributed by atoms with Gasteiger partial charge in [0.1, 0.15) is 0 Å². The molecule has 0 aliphatic carbocycles. The number of carbonyl (C=O) groups is 3. The van der Waals surface area contributed by atoms with Crippen LogP contribution in [0.4, 0.5) is 5.69 Å². The average molecular weight is 343 g/mol. The zero-order chi connectivity index (χ0) is 17.6. The smallest absolute Gasteiger partial charge is 0.253 e. The van der Waals surface area contributed by atoms with E-state index < -0.39 is 0 Å². The molecule has 0 bridgehead atoms. The number of nitrogens with zero attached hydrogens (tertiary/aromatic N) is 1. The van der Waals surface area contributed by atoms with Gasteiger partial charge in [-0.3, -0.25) is 14.4 Å². The number of rotatable bonds is 3. The Morgan fingerprint density at radius 3 is 2.36 bits per heavy atom. The first-order valence-corrected chi connectivity index (χ1v) is 9.10. The number of piperidine rings is 1. The fourth-order valence-electron chi connectivity index (χ4n) is 3.40. The number of benzene rings is 1. The molecule has 134 valence electrons. The zero-order valence-electron chi connectivity index (χ0n) is 14.4. The molecule has 2 aliphatic heterocycles. The molecule has 0 aromatic heterocycles.